The van der Waals surface area contributed by atoms with Gasteiger partial charge < -0.3 is 19.5 Å². The third-order valence-electron chi connectivity index (χ3n) is 6.15. The van der Waals surface area contributed by atoms with Crippen molar-refractivity contribution in [1.82, 2.24) is 5.32 Å². The number of allylic oxidation sites excluding steroid dienone is 1. The molecule has 1 aliphatic heterocycles. The van der Waals surface area contributed by atoms with E-state index in [0.29, 0.717) is 23.1 Å². The summed E-state index contributed by atoms with van der Waals surface area (Å²) in [5, 5.41) is 3.75. The number of hydrogen-bond acceptors (Lipinski definition) is 5. The predicted molar refractivity (Wildman–Crippen MR) is 133 cm³/mol. The Kier molecular flexibility index (Phi) is 9.82. The summed E-state index contributed by atoms with van der Waals surface area (Å²) in [6.07, 6.45) is 11.1. The summed E-state index contributed by atoms with van der Waals surface area (Å²) < 4.78 is 16.7. The van der Waals surface area contributed by atoms with E-state index in [1.807, 2.05) is 19.1 Å². The van der Waals surface area contributed by atoms with E-state index in [9.17, 15) is 4.79 Å². The molecule has 1 aliphatic rings. The van der Waals surface area contributed by atoms with Crippen molar-refractivity contribution in [1.29, 1.82) is 0 Å². The number of ether oxygens (including phenoxy) is 3. The molecule has 0 saturated carbocycles. The van der Waals surface area contributed by atoms with Crippen molar-refractivity contribution in [3.05, 3.63) is 65.2 Å². The molecule has 2 atom stereocenters. The molecule has 0 fully saturated rings. The van der Waals surface area contributed by atoms with E-state index in [-0.39, 0.29) is 12.1 Å². The lowest BCUT2D eigenvalue weighted by Gasteiger charge is -2.21. The van der Waals surface area contributed by atoms with Gasteiger partial charge in [0.1, 0.15) is 17.1 Å². The number of fused-ring (bicyclic) bond motifs is 1. The van der Waals surface area contributed by atoms with Crippen LogP contribution in [0.1, 0.15) is 66.9 Å². The van der Waals surface area contributed by atoms with Crippen LogP contribution in [0.25, 0.3) is 6.08 Å². The van der Waals surface area contributed by atoms with Crippen molar-refractivity contribution in [2.45, 2.75) is 64.0 Å². The lowest BCUT2D eigenvalue weighted by molar-refractivity contribution is 0.0314. The minimum absolute atomic E-state index is 0.158. The average Bonchev–Trinajstić information content (AvgIpc) is 2.82. The number of carbonyl (C=O) groups is 1. The van der Waals surface area contributed by atoms with Crippen molar-refractivity contribution in [3.8, 4) is 11.5 Å². The topological polar surface area (TPSA) is 56.8 Å². The van der Waals surface area contributed by atoms with Gasteiger partial charge in [-0.15, -0.1) is 0 Å². The molecule has 33 heavy (non-hydrogen) atoms. The molecule has 0 unspecified atom stereocenters. The Labute approximate surface area is 198 Å². The molecule has 2 aromatic rings. The van der Waals surface area contributed by atoms with Crippen LogP contribution in [0.15, 0.2) is 48.5 Å². The Morgan fingerprint density at radius 2 is 1.82 bits per heavy atom. The van der Waals surface area contributed by atoms with Gasteiger partial charge in [0, 0.05) is 12.1 Å². The van der Waals surface area contributed by atoms with Gasteiger partial charge in [0.05, 0.1) is 20.3 Å². The van der Waals surface area contributed by atoms with Gasteiger partial charge in [-0.25, -0.2) is 4.79 Å². The van der Waals surface area contributed by atoms with Gasteiger partial charge >= 0.3 is 5.97 Å². The van der Waals surface area contributed by atoms with Crippen LogP contribution in [0.4, 0.5) is 0 Å². The van der Waals surface area contributed by atoms with Gasteiger partial charge in [-0.05, 0) is 75.6 Å². The molecule has 0 bridgehead atoms. The predicted octanol–water partition coefficient (Wildman–Crippen LogP) is 5.82. The zero-order chi connectivity index (χ0) is 23.5. The van der Waals surface area contributed by atoms with Gasteiger partial charge in [-0.2, -0.15) is 0 Å². The molecule has 5 nitrogen and oxygen atoms in total. The molecule has 5 heteroatoms. The van der Waals surface area contributed by atoms with Gasteiger partial charge in [0.25, 0.3) is 0 Å². The number of hydrogen-bond donors (Lipinski definition) is 1. The average molecular weight is 452 g/mol. The summed E-state index contributed by atoms with van der Waals surface area (Å²) in [5.74, 6) is 0.775. The Morgan fingerprint density at radius 1 is 1.03 bits per heavy atom. The fourth-order valence-corrected chi connectivity index (χ4v) is 4.30. The maximum Gasteiger partial charge on any atom is 0.342 e. The molecule has 0 amide bonds. The van der Waals surface area contributed by atoms with Crippen LogP contribution in [0, 0.1) is 0 Å². The Morgan fingerprint density at radius 3 is 2.58 bits per heavy atom. The van der Waals surface area contributed by atoms with Crippen molar-refractivity contribution < 1.29 is 19.0 Å². The van der Waals surface area contributed by atoms with Crippen LogP contribution in [-0.4, -0.2) is 38.9 Å². The van der Waals surface area contributed by atoms with E-state index in [4.69, 9.17) is 14.2 Å². The van der Waals surface area contributed by atoms with Crippen molar-refractivity contribution in [3.63, 3.8) is 0 Å². The third-order valence-corrected chi connectivity index (χ3v) is 6.15. The SMILES string of the molecule is COc1cc2c(c(OC)c1)C(=O)O[C@@H](C)CCC[C@H](NCCc1ccccc1)CCCC=C2. The fraction of sp³-hybridized carbons (Fsp3) is 0.464. The quantitative estimate of drug-likeness (QED) is 0.561. The molecule has 3 rings (SSSR count). The molecular weight excluding hydrogens is 414 g/mol. The molecule has 0 radical (unpaired) electrons. The molecule has 1 heterocycles. The Bertz CT molecular complexity index is 910. The molecular formula is C28H37NO4. The van der Waals surface area contributed by atoms with Crippen LogP contribution in [-0.2, 0) is 11.2 Å². The highest BCUT2D eigenvalue weighted by molar-refractivity contribution is 5.97. The summed E-state index contributed by atoms with van der Waals surface area (Å²) >= 11 is 0. The minimum atomic E-state index is -0.351. The van der Waals surface area contributed by atoms with Crippen molar-refractivity contribution in [2.75, 3.05) is 20.8 Å². The highest BCUT2D eigenvalue weighted by atomic mass is 16.5. The zero-order valence-corrected chi connectivity index (χ0v) is 20.1. The third kappa shape index (κ3) is 7.64. The van der Waals surface area contributed by atoms with E-state index in [0.717, 1.165) is 57.1 Å². The van der Waals surface area contributed by atoms with E-state index < -0.39 is 0 Å². The first-order valence-electron chi connectivity index (χ1n) is 12.0. The van der Waals surface area contributed by atoms with Crippen LogP contribution in [0.5, 0.6) is 11.5 Å². The summed E-state index contributed by atoms with van der Waals surface area (Å²) in [5.41, 5.74) is 2.58. The normalized spacial score (nSPS) is 19.8. The molecule has 0 spiro atoms. The lowest BCUT2D eigenvalue weighted by Crippen LogP contribution is -2.31. The molecule has 0 aliphatic carbocycles. The summed E-state index contributed by atoms with van der Waals surface area (Å²) in [6, 6.07) is 14.7. The lowest BCUT2D eigenvalue weighted by atomic mass is 10.00. The zero-order valence-electron chi connectivity index (χ0n) is 20.1. The standard InChI is InChI=1S/C28H37NO4/c1-21-11-10-16-24(29-18-17-22-12-6-4-7-13-22)15-9-5-8-14-23-19-25(31-2)20-26(32-3)27(23)28(30)33-21/h4,6-8,12-14,19-21,24,29H,5,9-11,15-18H2,1-3H3/t21-,24+/m0/s1. The monoisotopic (exact) mass is 451 g/mol. The van der Waals surface area contributed by atoms with Crippen molar-refractivity contribution in [2.24, 2.45) is 0 Å². The fourth-order valence-electron chi connectivity index (χ4n) is 4.30. The van der Waals surface area contributed by atoms with Crippen LogP contribution < -0.4 is 14.8 Å². The second-order valence-corrected chi connectivity index (χ2v) is 8.66. The second kappa shape index (κ2) is 13.0. The smallest absolute Gasteiger partial charge is 0.342 e. The molecule has 178 valence electrons. The van der Waals surface area contributed by atoms with Gasteiger partial charge in [0.15, 0.2) is 0 Å². The van der Waals surface area contributed by atoms with Gasteiger partial charge in [-0.3, -0.25) is 0 Å². The molecule has 0 aromatic heterocycles. The molecule has 1 N–H and O–H groups in total. The first-order valence-corrected chi connectivity index (χ1v) is 12.0. The number of nitrogens with one attached hydrogen (secondary N) is 1. The first-order chi connectivity index (χ1) is 16.1. The largest absolute Gasteiger partial charge is 0.497 e. The number of carbonyl (C=O) groups excluding carboxylic acids is 1. The highest BCUT2D eigenvalue weighted by Crippen LogP contribution is 2.31. The highest BCUT2D eigenvalue weighted by Gasteiger charge is 2.22. The Balaban J connectivity index is 1.69. The Hall–Kier alpha value is -2.79. The van der Waals surface area contributed by atoms with E-state index in [1.54, 1.807) is 20.3 Å². The summed E-state index contributed by atoms with van der Waals surface area (Å²) in [7, 11) is 3.17. The van der Waals surface area contributed by atoms with E-state index in [2.05, 4.69) is 41.7 Å². The maximum absolute atomic E-state index is 13.0. The van der Waals surface area contributed by atoms with Crippen LogP contribution in [0.2, 0.25) is 0 Å². The number of esters is 1. The summed E-state index contributed by atoms with van der Waals surface area (Å²) in [4.78, 5) is 13.0. The van der Waals surface area contributed by atoms with Gasteiger partial charge in [-0.1, -0.05) is 42.5 Å². The number of methoxy groups -OCH3 is 2. The number of cyclic esters (lactones) is 1. The van der Waals surface area contributed by atoms with Crippen LogP contribution >= 0.6 is 0 Å². The molecule has 0 saturated heterocycles. The van der Waals surface area contributed by atoms with E-state index >= 15 is 0 Å². The summed E-state index contributed by atoms with van der Waals surface area (Å²) in [6.45, 7) is 2.94. The molecule has 2 aromatic carbocycles. The minimum Gasteiger partial charge on any atom is -0.497 e. The second-order valence-electron chi connectivity index (χ2n) is 8.66. The van der Waals surface area contributed by atoms with Crippen molar-refractivity contribution >= 4 is 12.0 Å². The van der Waals surface area contributed by atoms with E-state index in [1.165, 1.54) is 5.56 Å². The maximum atomic E-state index is 13.0. The first kappa shape index (κ1) is 24.8. The van der Waals surface area contributed by atoms with Gasteiger partial charge in [0.2, 0.25) is 0 Å². The van der Waals surface area contributed by atoms with Crippen LogP contribution in [0.3, 0.4) is 0 Å². The number of benzene rings is 2. The number of rotatable bonds is 6.